The van der Waals surface area contributed by atoms with E-state index in [1.54, 1.807) is 60.4 Å². The lowest BCUT2D eigenvalue weighted by Gasteiger charge is -2.21. The van der Waals surface area contributed by atoms with Crippen LogP contribution in [0.4, 0.5) is 21.6 Å². The van der Waals surface area contributed by atoms with Crippen LogP contribution in [0, 0.1) is 5.92 Å². The van der Waals surface area contributed by atoms with Crippen molar-refractivity contribution < 1.29 is 18.8 Å². The molecule has 1 aromatic carbocycles. The summed E-state index contributed by atoms with van der Waals surface area (Å²) in [6.45, 7) is 1.55. The fourth-order valence-electron chi connectivity index (χ4n) is 8.61. The topological polar surface area (TPSA) is 222 Å². The molecule has 1 aliphatic heterocycles. The number of aromatic nitrogens is 10. The molecular formula is C47H53FN14O5. The van der Waals surface area contributed by atoms with Crippen LogP contribution in [0.25, 0.3) is 22.5 Å². The zero-order valence-electron chi connectivity index (χ0n) is 37.2. The van der Waals surface area contributed by atoms with Crippen molar-refractivity contribution in [1.82, 2.24) is 58.9 Å². The van der Waals surface area contributed by atoms with Crippen molar-refractivity contribution in [3.63, 3.8) is 0 Å². The predicted octanol–water partition coefficient (Wildman–Crippen LogP) is 4.96. The molecular weight excluding hydrogens is 860 g/mol. The Kier molecular flexibility index (Phi) is 13.3. The maximum atomic E-state index is 13.5. The Morgan fingerprint density at radius 1 is 0.910 bits per heavy atom. The van der Waals surface area contributed by atoms with Crippen molar-refractivity contribution in [3.8, 4) is 5.82 Å². The molecule has 6 aromatic heterocycles. The number of carbonyl (C=O) groups excluding carboxylic acids is 3. The number of imide groups is 1. The molecule has 2 fully saturated rings. The number of unbranched alkanes of at least 4 members (excludes halogenated alkanes) is 5. The third-order valence-corrected chi connectivity index (χ3v) is 12.5. The minimum Gasteiger partial charge on any atom is -0.382 e. The number of benzene rings is 1. The Labute approximate surface area is 383 Å². The largest absolute Gasteiger partial charge is 0.382 e. The van der Waals surface area contributed by atoms with Gasteiger partial charge >= 0.3 is 5.69 Å². The van der Waals surface area contributed by atoms with E-state index < -0.39 is 24.0 Å². The molecule has 348 valence electrons. The van der Waals surface area contributed by atoms with E-state index in [1.165, 1.54) is 19.8 Å². The van der Waals surface area contributed by atoms with Crippen molar-refractivity contribution in [2.75, 3.05) is 23.7 Å². The lowest BCUT2D eigenvalue weighted by atomic mass is 10.0. The molecule has 7 aromatic rings. The van der Waals surface area contributed by atoms with Gasteiger partial charge in [0.2, 0.25) is 11.8 Å². The van der Waals surface area contributed by atoms with Gasteiger partial charge in [-0.15, -0.1) is 10.2 Å². The van der Waals surface area contributed by atoms with Crippen LogP contribution in [-0.4, -0.2) is 85.3 Å². The second-order valence-corrected chi connectivity index (χ2v) is 17.3. The summed E-state index contributed by atoms with van der Waals surface area (Å²) >= 11 is 0. The number of imidazole rings is 2. The molecule has 1 aliphatic carbocycles. The number of nitrogens with zero attached hydrogens (tertiary/aromatic N) is 10. The van der Waals surface area contributed by atoms with Gasteiger partial charge in [0.15, 0.2) is 17.2 Å². The van der Waals surface area contributed by atoms with E-state index in [4.69, 9.17) is 0 Å². The molecule has 67 heavy (non-hydrogen) atoms. The van der Waals surface area contributed by atoms with Crippen LogP contribution in [0.1, 0.15) is 92.0 Å². The standard InChI is InChI=1S/C47H53FN14O5/c1-58-38-24-30(16-17-36(38)61(47(58)67)37-18-19-42(63)54-45(37)65)12-6-4-2-3-5-9-22-59-29-32(55-57-59)13-10-21-49-35-26-40(53-34-14-11-23-60(46(34)66)41-15-7-8-20-50-41)56-62-39(28-51-43(35)62)44(64)52-27-31-25-33(31)48/h7-8,11,14-17,20,23-24,26,28-29,31,33,37,49H,2-6,9-10,12-13,18-19,21-22,25,27H2,1H3,(H,52,64)(H,53,56)(H,54,63,65)/t31-,33-,37?/m0/s1. The molecule has 1 saturated heterocycles. The Balaban J connectivity index is 0.736. The van der Waals surface area contributed by atoms with E-state index in [1.807, 2.05) is 29.1 Å². The number of hydrogen-bond acceptors (Lipinski definition) is 12. The van der Waals surface area contributed by atoms with E-state index in [2.05, 4.69) is 46.6 Å². The molecule has 9 rings (SSSR count). The molecule has 19 nitrogen and oxygen atoms in total. The average molecular weight is 913 g/mol. The number of aryl methyl sites for hydroxylation is 4. The van der Waals surface area contributed by atoms with Gasteiger partial charge in [-0.3, -0.25) is 42.9 Å². The zero-order chi connectivity index (χ0) is 46.4. The summed E-state index contributed by atoms with van der Waals surface area (Å²) in [4.78, 5) is 72.8. The van der Waals surface area contributed by atoms with Crippen molar-refractivity contribution in [3.05, 3.63) is 117 Å². The number of alkyl halides is 1. The van der Waals surface area contributed by atoms with Gasteiger partial charge < -0.3 is 16.0 Å². The first kappa shape index (κ1) is 44.7. The van der Waals surface area contributed by atoms with Gasteiger partial charge in [-0.1, -0.05) is 43.0 Å². The summed E-state index contributed by atoms with van der Waals surface area (Å²) in [6.07, 6.45) is 15.5. The number of hydrogen-bond donors (Lipinski definition) is 4. The molecule has 0 radical (unpaired) electrons. The third kappa shape index (κ3) is 10.2. The number of halogens is 1. The molecule has 4 N–H and O–H groups in total. The average Bonchev–Trinajstić information content (AvgIpc) is 3.58. The highest BCUT2D eigenvalue weighted by atomic mass is 19.1. The summed E-state index contributed by atoms with van der Waals surface area (Å²) in [7, 11) is 1.72. The summed E-state index contributed by atoms with van der Waals surface area (Å²) < 4.78 is 21.4. The van der Waals surface area contributed by atoms with Crippen LogP contribution in [0.15, 0.2) is 89.0 Å². The van der Waals surface area contributed by atoms with Gasteiger partial charge in [0.25, 0.3) is 11.5 Å². The van der Waals surface area contributed by atoms with Crippen molar-refractivity contribution in [2.45, 2.75) is 95.8 Å². The SMILES string of the molecule is Cn1c(=O)n(C2CCC(=O)NC2=O)c2ccc(CCCCCCCCn3cc(CCCNc4cc(Nc5cccn(-c6ccccn6)c5=O)nn5c(C(=O)NC[C@@H]6C[C@@H]6F)cnc45)nn3)cc21. The van der Waals surface area contributed by atoms with Crippen molar-refractivity contribution in [2.24, 2.45) is 13.0 Å². The molecule has 0 bridgehead atoms. The Hall–Kier alpha value is -7.51. The van der Waals surface area contributed by atoms with Crippen LogP contribution < -0.4 is 32.5 Å². The number of piperidine rings is 1. The lowest BCUT2D eigenvalue weighted by Crippen LogP contribution is -2.44. The van der Waals surface area contributed by atoms with E-state index in [9.17, 15) is 28.4 Å². The summed E-state index contributed by atoms with van der Waals surface area (Å²) in [5.41, 5.74) is 4.37. The molecule has 1 saturated carbocycles. The number of rotatable bonds is 21. The number of pyridine rings is 2. The molecule has 3 atom stereocenters. The summed E-state index contributed by atoms with van der Waals surface area (Å²) in [5, 5.41) is 25.1. The van der Waals surface area contributed by atoms with Crippen LogP contribution in [-0.2, 0) is 36.0 Å². The third-order valence-electron chi connectivity index (χ3n) is 12.5. The number of anilines is 3. The smallest absolute Gasteiger partial charge is 0.329 e. The van der Waals surface area contributed by atoms with Crippen molar-refractivity contribution in [1.29, 1.82) is 0 Å². The Morgan fingerprint density at radius 2 is 1.75 bits per heavy atom. The summed E-state index contributed by atoms with van der Waals surface area (Å²) in [6, 6.07) is 15.7. The quantitative estimate of drug-likeness (QED) is 0.0556. The van der Waals surface area contributed by atoms with E-state index in [-0.39, 0.29) is 47.4 Å². The normalized spacial score (nSPS) is 17.0. The van der Waals surface area contributed by atoms with E-state index in [0.717, 1.165) is 74.7 Å². The van der Waals surface area contributed by atoms with Gasteiger partial charge in [-0.2, -0.15) is 0 Å². The monoisotopic (exact) mass is 912 g/mol. The summed E-state index contributed by atoms with van der Waals surface area (Å²) in [5.74, 6) is -0.583. The highest BCUT2D eigenvalue weighted by Gasteiger charge is 2.37. The lowest BCUT2D eigenvalue weighted by molar-refractivity contribution is -0.135. The molecule has 1 unspecified atom stereocenters. The van der Waals surface area contributed by atoms with Gasteiger partial charge in [-0.05, 0) is 86.9 Å². The van der Waals surface area contributed by atoms with Crippen LogP contribution in [0.5, 0.6) is 0 Å². The first-order chi connectivity index (χ1) is 32.6. The molecule has 3 amide bonds. The first-order valence-electron chi connectivity index (χ1n) is 23.0. The fraction of sp³-hybridized carbons (Fsp3) is 0.404. The second kappa shape index (κ2) is 19.9. The van der Waals surface area contributed by atoms with Gasteiger partial charge in [0.05, 0.1) is 28.6 Å². The van der Waals surface area contributed by atoms with Crippen molar-refractivity contribution >= 4 is 51.6 Å². The first-order valence-corrected chi connectivity index (χ1v) is 23.0. The van der Waals surface area contributed by atoms with Gasteiger partial charge in [0, 0.05) is 63.7 Å². The van der Waals surface area contributed by atoms with Crippen LogP contribution in [0.2, 0.25) is 0 Å². The number of fused-ring (bicyclic) bond motifs is 2. The van der Waals surface area contributed by atoms with E-state index in [0.29, 0.717) is 54.3 Å². The molecule has 2 aliphatic rings. The maximum absolute atomic E-state index is 13.5. The second-order valence-electron chi connectivity index (χ2n) is 17.3. The number of nitrogens with one attached hydrogen (secondary N) is 4. The minimum atomic E-state index is -0.897. The minimum absolute atomic E-state index is 0.178. The number of carbonyl (C=O) groups is 3. The number of amides is 3. The Bertz CT molecular complexity index is 3050. The predicted molar refractivity (Wildman–Crippen MR) is 248 cm³/mol. The molecule has 7 heterocycles. The van der Waals surface area contributed by atoms with Crippen LogP contribution >= 0.6 is 0 Å². The van der Waals surface area contributed by atoms with E-state index >= 15 is 0 Å². The fourth-order valence-corrected chi connectivity index (χ4v) is 8.61. The van der Waals surface area contributed by atoms with Crippen LogP contribution in [0.3, 0.4) is 0 Å². The Morgan fingerprint density at radius 3 is 2.55 bits per heavy atom. The zero-order valence-corrected chi connectivity index (χ0v) is 37.2. The highest BCUT2D eigenvalue weighted by Crippen LogP contribution is 2.33. The van der Waals surface area contributed by atoms with Gasteiger partial charge in [0.1, 0.15) is 23.7 Å². The molecule has 20 heteroatoms. The maximum Gasteiger partial charge on any atom is 0.329 e. The molecule has 0 spiro atoms. The van der Waals surface area contributed by atoms with Gasteiger partial charge in [-0.25, -0.2) is 23.7 Å². The highest BCUT2D eigenvalue weighted by molar-refractivity contribution is 6.00.